The zero-order valence-corrected chi connectivity index (χ0v) is 12.8. The van der Waals surface area contributed by atoms with Crippen LogP contribution in [-0.4, -0.2) is 31.1 Å². The van der Waals surface area contributed by atoms with Gasteiger partial charge in [0.25, 0.3) is 0 Å². The quantitative estimate of drug-likeness (QED) is 0.866. The van der Waals surface area contributed by atoms with Gasteiger partial charge in [0.2, 0.25) is 0 Å². The van der Waals surface area contributed by atoms with Crippen LogP contribution in [0.2, 0.25) is 0 Å². The van der Waals surface area contributed by atoms with Gasteiger partial charge in [0.1, 0.15) is 5.75 Å². The third-order valence-electron chi connectivity index (χ3n) is 4.53. The lowest BCUT2D eigenvalue weighted by atomic mass is 9.91. The number of rotatable bonds is 6. The maximum atomic E-state index is 6.11. The Labute approximate surface area is 123 Å². The Hall–Kier alpha value is -1.06. The second kappa shape index (κ2) is 7.65. The molecule has 0 spiro atoms. The van der Waals surface area contributed by atoms with E-state index in [0.29, 0.717) is 12.6 Å². The molecule has 1 atom stereocenters. The second-order valence-corrected chi connectivity index (χ2v) is 5.62. The van der Waals surface area contributed by atoms with Crippen molar-refractivity contribution in [1.29, 1.82) is 0 Å². The van der Waals surface area contributed by atoms with E-state index < -0.39 is 0 Å². The van der Waals surface area contributed by atoms with Crippen molar-refractivity contribution in [2.24, 2.45) is 5.73 Å². The minimum absolute atomic E-state index is 0.263. The van der Waals surface area contributed by atoms with Crippen molar-refractivity contribution in [3.8, 4) is 5.75 Å². The van der Waals surface area contributed by atoms with Crippen LogP contribution in [0, 0.1) is 0 Å². The molecule has 1 aliphatic rings. The first kappa shape index (κ1) is 15.3. The molecule has 0 amide bonds. The fraction of sp³-hybridized carbons (Fsp3) is 0.647. The van der Waals surface area contributed by atoms with Gasteiger partial charge in [-0.05, 0) is 25.5 Å². The molecule has 3 nitrogen and oxygen atoms in total. The summed E-state index contributed by atoms with van der Waals surface area (Å²) >= 11 is 0. The number of nitrogens with two attached hydrogens (primary N) is 1. The fourth-order valence-electron chi connectivity index (χ4n) is 3.53. The van der Waals surface area contributed by atoms with Crippen LogP contribution >= 0.6 is 0 Å². The van der Waals surface area contributed by atoms with Crippen molar-refractivity contribution in [2.75, 3.05) is 20.2 Å². The molecule has 1 fully saturated rings. The van der Waals surface area contributed by atoms with Crippen molar-refractivity contribution in [3.05, 3.63) is 29.8 Å². The normalized spacial score (nSPS) is 18.2. The summed E-state index contributed by atoms with van der Waals surface area (Å²) in [7, 11) is 1.74. The largest absolute Gasteiger partial charge is 0.496 e. The summed E-state index contributed by atoms with van der Waals surface area (Å²) < 4.78 is 5.53. The van der Waals surface area contributed by atoms with Crippen molar-refractivity contribution < 1.29 is 4.74 Å². The molecule has 20 heavy (non-hydrogen) atoms. The van der Waals surface area contributed by atoms with Gasteiger partial charge in [0, 0.05) is 18.2 Å². The van der Waals surface area contributed by atoms with Gasteiger partial charge in [-0.25, -0.2) is 0 Å². The summed E-state index contributed by atoms with van der Waals surface area (Å²) in [6, 6.07) is 9.22. The Morgan fingerprint density at radius 3 is 2.55 bits per heavy atom. The van der Waals surface area contributed by atoms with Crippen LogP contribution in [0.15, 0.2) is 24.3 Å². The zero-order chi connectivity index (χ0) is 14.4. The summed E-state index contributed by atoms with van der Waals surface area (Å²) in [4.78, 5) is 2.58. The first-order chi connectivity index (χ1) is 9.81. The first-order valence-electron chi connectivity index (χ1n) is 7.90. The maximum absolute atomic E-state index is 6.11. The summed E-state index contributed by atoms with van der Waals surface area (Å²) in [5.74, 6) is 0.956. The van der Waals surface area contributed by atoms with E-state index in [1.165, 1.54) is 37.7 Å². The molecule has 1 aromatic carbocycles. The van der Waals surface area contributed by atoms with Gasteiger partial charge in [0.15, 0.2) is 0 Å². The van der Waals surface area contributed by atoms with E-state index >= 15 is 0 Å². The van der Waals surface area contributed by atoms with E-state index in [0.717, 1.165) is 12.3 Å². The minimum atomic E-state index is 0.263. The Morgan fingerprint density at radius 2 is 1.95 bits per heavy atom. The number of hydrogen-bond acceptors (Lipinski definition) is 3. The molecule has 1 aromatic rings. The highest BCUT2D eigenvalue weighted by atomic mass is 16.5. The van der Waals surface area contributed by atoms with Gasteiger partial charge in [-0.2, -0.15) is 0 Å². The van der Waals surface area contributed by atoms with Crippen molar-refractivity contribution in [1.82, 2.24) is 4.90 Å². The third-order valence-corrected chi connectivity index (χ3v) is 4.53. The van der Waals surface area contributed by atoms with E-state index in [1.54, 1.807) is 7.11 Å². The number of nitrogens with zero attached hydrogens (tertiary/aromatic N) is 1. The van der Waals surface area contributed by atoms with Gasteiger partial charge in [0.05, 0.1) is 13.2 Å². The average molecular weight is 276 g/mol. The van der Waals surface area contributed by atoms with Crippen LogP contribution < -0.4 is 10.5 Å². The van der Waals surface area contributed by atoms with Crippen LogP contribution in [0.4, 0.5) is 0 Å². The number of hydrogen-bond donors (Lipinski definition) is 1. The number of para-hydroxylation sites is 1. The second-order valence-electron chi connectivity index (χ2n) is 5.62. The van der Waals surface area contributed by atoms with Gasteiger partial charge in [-0.1, -0.05) is 44.4 Å². The van der Waals surface area contributed by atoms with E-state index in [1.807, 2.05) is 12.1 Å². The number of ether oxygens (including phenoxy) is 1. The van der Waals surface area contributed by atoms with Gasteiger partial charge in [-0.15, -0.1) is 0 Å². The highest BCUT2D eigenvalue weighted by Crippen LogP contribution is 2.33. The average Bonchev–Trinajstić information content (AvgIpc) is 2.53. The lowest BCUT2D eigenvalue weighted by Crippen LogP contribution is -2.42. The van der Waals surface area contributed by atoms with Gasteiger partial charge >= 0.3 is 0 Å². The molecule has 0 heterocycles. The minimum Gasteiger partial charge on any atom is -0.496 e. The molecule has 1 aliphatic carbocycles. The van der Waals surface area contributed by atoms with E-state index in [4.69, 9.17) is 10.5 Å². The highest BCUT2D eigenvalue weighted by Gasteiger charge is 2.28. The molecule has 1 saturated carbocycles. The Bertz CT molecular complexity index is 402. The molecular formula is C17H28N2O. The molecule has 0 bridgehead atoms. The molecule has 2 rings (SSSR count). The van der Waals surface area contributed by atoms with Crippen LogP contribution in [0.1, 0.15) is 50.6 Å². The summed E-state index contributed by atoms with van der Waals surface area (Å²) in [5.41, 5.74) is 7.34. The van der Waals surface area contributed by atoms with Crippen LogP contribution in [0.25, 0.3) is 0 Å². The highest BCUT2D eigenvalue weighted by molar-refractivity contribution is 5.36. The number of benzene rings is 1. The summed E-state index contributed by atoms with van der Waals surface area (Å²) in [6.45, 7) is 3.93. The molecule has 2 N–H and O–H groups in total. The molecule has 112 valence electrons. The van der Waals surface area contributed by atoms with Crippen LogP contribution in [0.3, 0.4) is 0 Å². The SMILES string of the molecule is CCN(C1CCCCC1)C(CN)c1ccccc1OC. The maximum Gasteiger partial charge on any atom is 0.123 e. The monoisotopic (exact) mass is 276 g/mol. The number of likely N-dealkylation sites (N-methyl/N-ethyl adjacent to an activating group) is 1. The van der Waals surface area contributed by atoms with E-state index in [-0.39, 0.29) is 6.04 Å². The lowest BCUT2D eigenvalue weighted by Gasteiger charge is -2.39. The standard InChI is InChI=1S/C17H28N2O/c1-3-19(14-9-5-4-6-10-14)16(13-18)15-11-7-8-12-17(15)20-2/h7-8,11-12,14,16H,3-6,9-10,13,18H2,1-2H3. The molecule has 3 heteroatoms. The molecule has 0 saturated heterocycles. The number of methoxy groups -OCH3 is 1. The Kier molecular flexibility index (Phi) is 5.86. The predicted octanol–water partition coefficient (Wildman–Crippen LogP) is 3.35. The molecule has 0 aliphatic heterocycles. The van der Waals surface area contributed by atoms with E-state index in [9.17, 15) is 0 Å². The third kappa shape index (κ3) is 3.33. The van der Waals surface area contributed by atoms with Crippen LogP contribution in [0.5, 0.6) is 5.75 Å². The van der Waals surface area contributed by atoms with E-state index in [2.05, 4.69) is 24.0 Å². The van der Waals surface area contributed by atoms with Crippen molar-refractivity contribution in [3.63, 3.8) is 0 Å². The summed E-state index contributed by atoms with van der Waals surface area (Å²) in [6.07, 6.45) is 6.70. The van der Waals surface area contributed by atoms with Gasteiger partial charge < -0.3 is 10.5 Å². The van der Waals surface area contributed by atoms with Crippen molar-refractivity contribution in [2.45, 2.75) is 51.1 Å². The first-order valence-corrected chi connectivity index (χ1v) is 7.90. The summed E-state index contributed by atoms with van der Waals surface area (Å²) in [5, 5.41) is 0. The fourth-order valence-corrected chi connectivity index (χ4v) is 3.53. The Morgan fingerprint density at radius 1 is 1.25 bits per heavy atom. The lowest BCUT2D eigenvalue weighted by molar-refractivity contribution is 0.112. The van der Waals surface area contributed by atoms with Gasteiger partial charge in [-0.3, -0.25) is 4.90 Å². The zero-order valence-electron chi connectivity index (χ0n) is 12.8. The molecule has 1 unspecified atom stereocenters. The van der Waals surface area contributed by atoms with Crippen molar-refractivity contribution >= 4 is 0 Å². The molecule has 0 aromatic heterocycles. The smallest absolute Gasteiger partial charge is 0.123 e. The topological polar surface area (TPSA) is 38.5 Å². The van der Waals surface area contributed by atoms with Crippen LogP contribution in [-0.2, 0) is 0 Å². The molecule has 0 radical (unpaired) electrons. The predicted molar refractivity (Wildman–Crippen MR) is 84.0 cm³/mol. The molecular weight excluding hydrogens is 248 g/mol. The Balaban J connectivity index is 2.23.